The Morgan fingerprint density at radius 1 is 0.906 bits per heavy atom. The molecular weight excluding hydrogens is 402 g/mol. The van der Waals surface area contributed by atoms with Gasteiger partial charge in [0.05, 0.1) is 5.69 Å². The lowest BCUT2D eigenvalue weighted by molar-refractivity contribution is -0.121. The van der Waals surface area contributed by atoms with Gasteiger partial charge in [-0.2, -0.15) is 0 Å². The number of hydrogen-bond donors (Lipinski definition) is 0. The molecule has 0 saturated heterocycles. The van der Waals surface area contributed by atoms with Crippen molar-refractivity contribution in [2.75, 3.05) is 4.90 Å². The fourth-order valence-corrected chi connectivity index (χ4v) is 4.67. The number of amides is 2. The summed E-state index contributed by atoms with van der Waals surface area (Å²) < 4.78 is 5.53. The Balaban J connectivity index is 1.71. The summed E-state index contributed by atoms with van der Waals surface area (Å²) in [5.74, 6) is -0.816. The third-order valence-electron chi connectivity index (χ3n) is 6.05. The first kappa shape index (κ1) is 20.2. The molecule has 0 unspecified atom stereocenters. The van der Waals surface area contributed by atoms with Crippen LogP contribution < -0.4 is 4.90 Å². The molecule has 32 heavy (non-hydrogen) atoms. The maximum Gasteiger partial charge on any atom is 0.421 e. The Labute approximate surface area is 186 Å². The minimum absolute atomic E-state index is 0.228. The summed E-state index contributed by atoms with van der Waals surface area (Å²) in [5, 5.41) is 0. The van der Waals surface area contributed by atoms with Gasteiger partial charge in [0.25, 0.3) is 5.91 Å². The molecule has 3 aromatic rings. The molecule has 2 amide bonds. The highest BCUT2D eigenvalue weighted by atomic mass is 16.6. The first-order valence-electron chi connectivity index (χ1n) is 10.6. The van der Waals surface area contributed by atoms with E-state index in [-0.39, 0.29) is 12.2 Å². The third kappa shape index (κ3) is 2.88. The van der Waals surface area contributed by atoms with Crippen molar-refractivity contribution in [2.24, 2.45) is 0 Å². The standard InChI is InChI=1S/C27H23NO4/c1-26(2,3)32-25(31)28-22-14-13-18(17-9-5-4-6-10-17)15-21(22)27(24(28)30)16-19-11-7-8-12-20(19)23(27)29/h4-15H,16H2,1-3H3/t27-/m1/s1. The number of carbonyl (C=O) groups excluding carboxylic acids is 3. The summed E-state index contributed by atoms with van der Waals surface area (Å²) in [6.07, 6.45) is -0.539. The van der Waals surface area contributed by atoms with Crippen LogP contribution >= 0.6 is 0 Å². The van der Waals surface area contributed by atoms with E-state index in [4.69, 9.17) is 4.74 Å². The van der Waals surface area contributed by atoms with Gasteiger partial charge in [-0.3, -0.25) is 9.59 Å². The van der Waals surface area contributed by atoms with Crippen LogP contribution in [0.4, 0.5) is 10.5 Å². The number of nitrogens with zero attached hydrogens (tertiary/aromatic N) is 1. The first-order valence-corrected chi connectivity index (χ1v) is 10.6. The van der Waals surface area contributed by atoms with Crippen LogP contribution in [0, 0.1) is 0 Å². The molecule has 160 valence electrons. The van der Waals surface area contributed by atoms with E-state index in [0.29, 0.717) is 16.8 Å². The van der Waals surface area contributed by atoms with Gasteiger partial charge in [0, 0.05) is 11.1 Å². The number of rotatable bonds is 1. The van der Waals surface area contributed by atoms with E-state index < -0.39 is 23.0 Å². The van der Waals surface area contributed by atoms with Gasteiger partial charge in [0.2, 0.25) is 0 Å². The summed E-state index contributed by atoms with van der Waals surface area (Å²) in [6, 6.07) is 22.5. The number of fused-ring (bicyclic) bond motifs is 3. The molecule has 5 rings (SSSR count). The fraction of sp³-hybridized carbons (Fsp3) is 0.222. The Kier molecular flexibility index (Phi) is 4.35. The second kappa shape index (κ2) is 6.89. The number of anilines is 1. The molecular formula is C27H23NO4. The number of carbonyl (C=O) groups is 3. The maximum absolute atomic E-state index is 13.8. The molecule has 0 aromatic heterocycles. The predicted molar refractivity (Wildman–Crippen MR) is 122 cm³/mol. The van der Waals surface area contributed by atoms with Gasteiger partial charge in [0.15, 0.2) is 5.78 Å². The Hall–Kier alpha value is -3.73. The summed E-state index contributed by atoms with van der Waals surface area (Å²) in [7, 11) is 0. The molecule has 1 spiro atoms. The van der Waals surface area contributed by atoms with Crippen molar-refractivity contribution in [3.8, 4) is 11.1 Å². The number of hydrogen-bond acceptors (Lipinski definition) is 4. The molecule has 5 nitrogen and oxygen atoms in total. The van der Waals surface area contributed by atoms with Crippen molar-refractivity contribution in [1.82, 2.24) is 0 Å². The number of imide groups is 1. The maximum atomic E-state index is 13.8. The molecule has 1 aliphatic heterocycles. The second-order valence-corrected chi connectivity index (χ2v) is 9.29. The lowest BCUT2D eigenvalue weighted by atomic mass is 9.77. The average molecular weight is 425 g/mol. The van der Waals surface area contributed by atoms with Gasteiger partial charge in [-0.05, 0) is 56.0 Å². The largest absolute Gasteiger partial charge is 0.443 e. The molecule has 0 fully saturated rings. The van der Waals surface area contributed by atoms with Crippen molar-refractivity contribution in [3.05, 3.63) is 89.5 Å². The molecule has 0 saturated carbocycles. The van der Waals surface area contributed by atoms with Crippen molar-refractivity contribution < 1.29 is 19.1 Å². The van der Waals surface area contributed by atoms with E-state index in [1.807, 2.05) is 54.6 Å². The van der Waals surface area contributed by atoms with Crippen LogP contribution in [0.2, 0.25) is 0 Å². The summed E-state index contributed by atoms with van der Waals surface area (Å²) in [6.45, 7) is 5.24. The van der Waals surface area contributed by atoms with Gasteiger partial charge >= 0.3 is 6.09 Å². The summed E-state index contributed by atoms with van der Waals surface area (Å²) in [5.41, 5.74) is 1.92. The van der Waals surface area contributed by atoms with Gasteiger partial charge in [-0.25, -0.2) is 9.69 Å². The summed E-state index contributed by atoms with van der Waals surface area (Å²) in [4.78, 5) is 41.7. The van der Waals surface area contributed by atoms with Crippen LogP contribution in [0.5, 0.6) is 0 Å². The topological polar surface area (TPSA) is 63.7 Å². The summed E-state index contributed by atoms with van der Waals surface area (Å²) >= 11 is 0. The van der Waals surface area contributed by atoms with Crippen LogP contribution in [0.3, 0.4) is 0 Å². The zero-order valence-corrected chi connectivity index (χ0v) is 18.2. The minimum Gasteiger partial charge on any atom is -0.443 e. The van der Waals surface area contributed by atoms with E-state index in [9.17, 15) is 14.4 Å². The Bertz CT molecular complexity index is 1270. The number of benzene rings is 3. The Morgan fingerprint density at radius 3 is 2.28 bits per heavy atom. The highest BCUT2D eigenvalue weighted by Crippen LogP contribution is 2.51. The Morgan fingerprint density at radius 2 is 1.59 bits per heavy atom. The lowest BCUT2D eigenvalue weighted by Crippen LogP contribution is -2.48. The highest BCUT2D eigenvalue weighted by molar-refractivity contribution is 6.34. The highest BCUT2D eigenvalue weighted by Gasteiger charge is 2.61. The molecule has 0 radical (unpaired) electrons. The SMILES string of the molecule is CC(C)(C)OC(=O)N1C(=O)[C@]2(Cc3ccccc3C2=O)c2cc(-c3ccccc3)ccc21. The molecule has 3 aromatic carbocycles. The second-order valence-electron chi connectivity index (χ2n) is 9.29. The van der Waals surface area contributed by atoms with Crippen LogP contribution in [0.1, 0.15) is 42.3 Å². The van der Waals surface area contributed by atoms with Crippen LogP contribution in [-0.4, -0.2) is 23.4 Å². The molecule has 1 atom stereocenters. The average Bonchev–Trinajstić information content (AvgIpc) is 3.20. The molecule has 0 N–H and O–H groups in total. The van der Waals surface area contributed by atoms with Gasteiger partial charge < -0.3 is 4.74 Å². The minimum atomic E-state index is -1.46. The zero-order valence-electron chi connectivity index (χ0n) is 18.2. The van der Waals surface area contributed by atoms with Crippen molar-refractivity contribution in [2.45, 2.75) is 38.2 Å². The number of ether oxygens (including phenoxy) is 1. The normalized spacial score (nSPS) is 19.3. The van der Waals surface area contributed by atoms with Gasteiger partial charge in [-0.1, -0.05) is 60.7 Å². The van der Waals surface area contributed by atoms with Gasteiger partial charge in [0.1, 0.15) is 11.0 Å². The van der Waals surface area contributed by atoms with E-state index >= 15 is 0 Å². The third-order valence-corrected chi connectivity index (χ3v) is 6.05. The van der Waals surface area contributed by atoms with Crippen LogP contribution in [-0.2, 0) is 21.4 Å². The number of Topliss-reactive ketones (excluding diaryl/α,β-unsaturated/α-hetero) is 1. The molecule has 1 heterocycles. The molecule has 2 aliphatic rings. The predicted octanol–water partition coefficient (Wildman–Crippen LogP) is 5.31. The molecule has 1 aliphatic carbocycles. The van der Waals surface area contributed by atoms with E-state index in [2.05, 4.69) is 0 Å². The van der Waals surface area contributed by atoms with Gasteiger partial charge in [-0.15, -0.1) is 0 Å². The smallest absolute Gasteiger partial charge is 0.421 e. The quantitative estimate of drug-likeness (QED) is 0.496. The molecule has 0 bridgehead atoms. The first-order chi connectivity index (χ1) is 15.2. The van der Waals surface area contributed by atoms with E-state index in [1.54, 1.807) is 39.0 Å². The lowest BCUT2D eigenvalue weighted by Gasteiger charge is -2.25. The zero-order chi connectivity index (χ0) is 22.7. The number of ketones is 1. The monoisotopic (exact) mass is 425 g/mol. The molecule has 5 heteroatoms. The van der Waals surface area contributed by atoms with E-state index in [1.165, 1.54) is 0 Å². The van der Waals surface area contributed by atoms with Crippen molar-refractivity contribution >= 4 is 23.5 Å². The van der Waals surface area contributed by atoms with Crippen LogP contribution in [0.15, 0.2) is 72.8 Å². The van der Waals surface area contributed by atoms with Crippen molar-refractivity contribution in [1.29, 1.82) is 0 Å². The van der Waals surface area contributed by atoms with E-state index in [0.717, 1.165) is 21.6 Å². The van der Waals surface area contributed by atoms with Crippen molar-refractivity contribution in [3.63, 3.8) is 0 Å². The fourth-order valence-electron chi connectivity index (χ4n) is 4.67. The van der Waals surface area contributed by atoms with Crippen LogP contribution in [0.25, 0.3) is 11.1 Å².